The van der Waals surface area contributed by atoms with Crippen LogP contribution in [0.5, 0.6) is 0 Å². The molecule has 0 aliphatic carbocycles. The average Bonchev–Trinajstić information content (AvgIpc) is 2.15. The van der Waals surface area contributed by atoms with Gasteiger partial charge in [0.2, 0.25) is 0 Å². The van der Waals surface area contributed by atoms with Crippen LogP contribution >= 0.6 is 0 Å². The fraction of sp³-hybridized carbons (Fsp3) is 0.417. The Balaban J connectivity index is 2.75. The van der Waals surface area contributed by atoms with Crippen LogP contribution in [-0.4, -0.2) is 11.1 Å². The Bertz CT molecular complexity index is 349. The summed E-state index contributed by atoms with van der Waals surface area (Å²) in [5.74, 6) is -0.852. The van der Waals surface area contributed by atoms with E-state index < -0.39 is 5.97 Å². The van der Waals surface area contributed by atoms with E-state index in [9.17, 15) is 4.79 Å². The maximum absolute atomic E-state index is 10.6. The minimum absolute atomic E-state index is 0.0516. The SMILES string of the molecule is Cc1cccc(C(N)C(C)CC(=O)O)c1. The molecule has 2 unspecified atom stereocenters. The molecule has 0 saturated heterocycles. The van der Waals surface area contributed by atoms with E-state index in [2.05, 4.69) is 0 Å². The van der Waals surface area contributed by atoms with E-state index in [1.54, 1.807) is 0 Å². The van der Waals surface area contributed by atoms with Crippen LogP contribution in [0.1, 0.15) is 30.5 Å². The van der Waals surface area contributed by atoms with Crippen molar-refractivity contribution in [1.29, 1.82) is 0 Å². The lowest BCUT2D eigenvalue weighted by Crippen LogP contribution is -2.21. The van der Waals surface area contributed by atoms with Crippen LogP contribution in [0, 0.1) is 12.8 Å². The average molecular weight is 207 g/mol. The minimum atomic E-state index is -0.800. The lowest BCUT2D eigenvalue weighted by molar-refractivity contribution is -0.138. The molecule has 1 rings (SSSR count). The number of rotatable bonds is 4. The van der Waals surface area contributed by atoms with E-state index in [-0.39, 0.29) is 18.4 Å². The number of carboxylic acid groups (broad SMARTS) is 1. The summed E-state index contributed by atoms with van der Waals surface area (Å²) in [5.41, 5.74) is 8.14. The van der Waals surface area contributed by atoms with Crippen LogP contribution in [-0.2, 0) is 4.79 Å². The minimum Gasteiger partial charge on any atom is -0.481 e. The van der Waals surface area contributed by atoms with Gasteiger partial charge in [-0.2, -0.15) is 0 Å². The second-order valence-electron chi connectivity index (χ2n) is 4.02. The zero-order valence-electron chi connectivity index (χ0n) is 9.10. The van der Waals surface area contributed by atoms with Gasteiger partial charge in [-0.05, 0) is 18.4 Å². The highest BCUT2D eigenvalue weighted by Crippen LogP contribution is 2.22. The molecule has 82 valence electrons. The highest BCUT2D eigenvalue weighted by atomic mass is 16.4. The van der Waals surface area contributed by atoms with Crippen molar-refractivity contribution in [3.05, 3.63) is 35.4 Å². The maximum atomic E-state index is 10.6. The molecule has 0 bridgehead atoms. The van der Waals surface area contributed by atoms with Gasteiger partial charge in [0.15, 0.2) is 0 Å². The summed E-state index contributed by atoms with van der Waals surface area (Å²) in [7, 11) is 0. The Morgan fingerprint density at radius 2 is 2.20 bits per heavy atom. The molecule has 0 radical (unpaired) electrons. The van der Waals surface area contributed by atoms with Crippen molar-refractivity contribution in [2.75, 3.05) is 0 Å². The van der Waals surface area contributed by atoms with Crippen LogP contribution in [0.25, 0.3) is 0 Å². The number of hydrogen-bond donors (Lipinski definition) is 2. The number of benzene rings is 1. The summed E-state index contributed by atoms with van der Waals surface area (Å²) in [5, 5.41) is 8.68. The zero-order valence-corrected chi connectivity index (χ0v) is 9.10. The highest BCUT2D eigenvalue weighted by molar-refractivity contribution is 5.67. The van der Waals surface area contributed by atoms with Gasteiger partial charge in [0, 0.05) is 12.5 Å². The number of hydrogen-bond acceptors (Lipinski definition) is 2. The Morgan fingerprint density at radius 1 is 1.53 bits per heavy atom. The number of aryl methyl sites for hydroxylation is 1. The molecule has 2 atom stereocenters. The van der Waals surface area contributed by atoms with Crippen LogP contribution in [0.4, 0.5) is 0 Å². The summed E-state index contributed by atoms with van der Waals surface area (Å²) < 4.78 is 0. The van der Waals surface area contributed by atoms with Crippen molar-refractivity contribution < 1.29 is 9.90 Å². The normalized spacial score (nSPS) is 14.6. The second-order valence-corrected chi connectivity index (χ2v) is 4.02. The molecule has 3 N–H and O–H groups in total. The third kappa shape index (κ3) is 3.36. The fourth-order valence-corrected chi connectivity index (χ4v) is 1.61. The molecular weight excluding hydrogens is 190 g/mol. The summed E-state index contributed by atoms with van der Waals surface area (Å²) in [6.07, 6.45) is 0.106. The van der Waals surface area contributed by atoms with E-state index in [0.717, 1.165) is 11.1 Å². The third-order valence-electron chi connectivity index (χ3n) is 2.54. The van der Waals surface area contributed by atoms with Crippen LogP contribution in [0.15, 0.2) is 24.3 Å². The topological polar surface area (TPSA) is 63.3 Å². The van der Waals surface area contributed by atoms with Crippen molar-refractivity contribution in [2.45, 2.75) is 26.3 Å². The lowest BCUT2D eigenvalue weighted by atomic mass is 9.92. The summed E-state index contributed by atoms with van der Waals surface area (Å²) >= 11 is 0. The Kier molecular flexibility index (Phi) is 3.86. The first-order chi connectivity index (χ1) is 7.00. The molecule has 0 aliphatic heterocycles. The van der Waals surface area contributed by atoms with Gasteiger partial charge >= 0.3 is 5.97 Å². The molecule has 3 nitrogen and oxygen atoms in total. The second kappa shape index (κ2) is 4.94. The van der Waals surface area contributed by atoms with Crippen LogP contribution < -0.4 is 5.73 Å². The van der Waals surface area contributed by atoms with E-state index in [4.69, 9.17) is 10.8 Å². The van der Waals surface area contributed by atoms with Gasteiger partial charge in [-0.1, -0.05) is 36.8 Å². The largest absolute Gasteiger partial charge is 0.481 e. The van der Waals surface area contributed by atoms with Gasteiger partial charge in [-0.3, -0.25) is 4.79 Å². The van der Waals surface area contributed by atoms with Crippen molar-refractivity contribution in [1.82, 2.24) is 0 Å². The molecule has 0 heterocycles. The predicted octanol–water partition coefficient (Wildman–Crippen LogP) is 2.11. The Labute approximate surface area is 89.9 Å². The van der Waals surface area contributed by atoms with Gasteiger partial charge in [-0.25, -0.2) is 0 Å². The smallest absolute Gasteiger partial charge is 0.303 e. The number of carboxylic acids is 1. The van der Waals surface area contributed by atoms with Crippen molar-refractivity contribution >= 4 is 5.97 Å². The zero-order chi connectivity index (χ0) is 11.4. The molecule has 0 spiro atoms. The van der Waals surface area contributed by atoms with Crippen molar-refractivity contribution in [2.24, 2.45) is 11.7 Å². The van der Waals surface area contributed by atoms with Gasteiger partial charge in [0.05, 0.1) is 0 Å². The first-order valence-electron chi connectivity index (χ1n) is 5.04. The monoisotopic (exact) mass is 207 g/mol. The molecule has 0 aromatic heterocycles. The van der Waals surface area contributed by atoms with E-state index in [0.29, 0.717) is 0 Å². The fourth-order valence-electron chi connectivity index (χ4n) is 1.61. The van der Waals surface area contributed by atoms with Crippen molar-refractivity contribution in [3.8, 4) is 0 Å². The predicted molar refractivity (Wildman–Crippen MR) is 59.5 cm³/mol. The first-order valence-corrected chi connectivity index (χ1v) is 5.04. The van der Waals surface area contributed by atoms with E-state index in [1.165, 1.54) is 0 Å². The molecular formula is C12H17NO2. The molecule has 0 aliphatic rings. The summed E-state index contributed by atoms with van der Waals surface area (Å²) in [4.78, 5) is 10.6. The maximum Gasteiger partial charge on any atom is 0.303 e. The molecule has 0 amide bonds. The summed E-state index contributed by atoms with van der Waals surface area (Å²) in [6, 6.07) is 7.68. The lowest BCUT2D eigenvalue weighted by Gasteiger charge is -2.18. The molecule has 15 heavy (non-hydrogen) atoms. The van der Waals surface area contributed by atoms with Gasteiger partial charge in [-0.15, -0.1) is 0 Å². The number of nitrogens with two attached hydrogens (primary N) is 1. The summed E-state index contributed by atoms with van der Waals surface area (Å²) in [6.45, 7) is 3.86. The quantitative estimate of drug-likeness (QED) is 0.794. The number of carbonyl (C=O) groups is 1. The highest BCUT2D eigenvalue weighted by Gasteiger charge is 2.17. The Hall–Kier alpha value is -1.35. The molecule has 0 fully saturated rings. The van der Waals surface area contributed by atoms with E-state index >= 15 is 0 Å². The van der Waals surface area contributed by atoms with Crippen LogP contribution in [0.2, 0.25) is 0 Å². The van der Waals surface area contributed by atoms with Crippen molar-refractivity contribution in [3.63, 3.8) is 0 Å². The third-order valence-corrected chi connectivity index (χ3v) is 2.54. The van der Waals surface area contributed by atoms with Gasteiger partial charge in [0.1, 0.15) is 0 Å². The molecule has 0 saturated carbocycles. The number of aliphatic carboxylic acids is 1. The first kappa shape index (κ1) is 11.7. The van der Waals surface area contributed by atoms with E-state index in [1.807, 2.05) is 38.1 Å². The van der Waals surface area contributed by atoms with Crippen LogP contribution in [0.3, 0.4) is 0 Å². The molecule has 1 aromatic rings. The van der Waals surface area contributed by atoms with Gasteiger partial charge < -0.3 is 10.8 Å². The molecule has 1 aromatic carbocycles. The van der Waals surface area contributed by atoms with Gasteiger partial charge in [0.25, 0.3) is 0 Å². The standard InChI is InChI=1S/C12H17NO2/c1-8-4-3-5-10(6-8)12(13)9(2)7-11(14)15/h3-6,9,12H,7,13H2,1-2H3,(H,14,15). The molecule has 3 heteroatoms. The Morgan fingerprint density at radius 3 is 2.73 bits per heavy atom.